The summed E-state index contributed by atoms with van der Waals surface area (Å²) < 4.78 is 5.26. The quantitative estimate of drug-likeness (QED) is 0.175. The van der Waals surface area contributed by atoms with E-state index in [1.165, 1.54) is 41.3 Å². The Kier molecular flexibility index (Phi) is 6.43. The van der Waals surface area contributed by atoms with Gasteiger partial charge in [-0.1, -0.05) is 31.9 Å². The molecule has 32 heavy (non-hydrogen) atoms. The van der Waals surface area contributed by atoms with Crippen LogP contribution in [-0.4, -0.2) is 32.4 Å². The molecule has 2 fully saturated rings. The minimum absolute atomic E-state index is 0.0353. The maximum atomic E-state index is 12.9. The highest BCUT2D eigenvalue weighted by Crippen LogP contribution is 2.44. The minimum atomic E-state index is -0.577. The molecule has 8 nitrogen and oxygen atoms in total. The van der Waals surface area contributed by atoms with Crippen molar-refractivity contribution in [2.75, 3.05) is 4.90 Å². The van der Waals surface area contributed by atoms with E-state index in [2.05, 4.69) is 31.9 Å². The fraction of sp³-hybridized carbons (Fsp3) is 0.318. The van der Waals surface area contributed by atoms with E-state index in [0.717, 1.165) is 0 Å². The van der Waals surface area contributed by atoms with E-state index in [0.29, 0.717) is 24.1 Å². The first kappa shape index (κ1) is 22.6. The first-order valence-corrected chi connectivity index (χ1v) is 11.8. The molecule has 2 aliphatic rings. The summed E-state index contributed by atoms with van der Waals surface area (Å²) in [7, 11) is 0. The number of hydrogen-bond acceptors (Lipinski definition) is 6. The van der Waals surface area contributed by atoms with Crippen LogP contribution >= 0.6 is 31.9 Å². The maximum absolute atomic E-state index is 12.9. The topological polar surface area (TPSA) is 107 Å². The fourth-order valence-corrected chi connectivity index (χ4v) is 5.28. The zero-order chi connectivity index (χ0) is 23.0. The van der Waals surface area contributed by atoms with E-state index in [9.17, 15) is 24.5 Å². The van der Waals surface area contributed by atoms with Crippen molar-refractivity contribution in [1.82, 2.24) is 0 Å². The molecule has 0 radical (unpaired) electrons. The molecule has 0 unspecified atom stereocenters. The Hall–Kier alpha value is -2.59. The van der Waals surface area contributed by atoms with Crippen LogP contribution in [0.4, 0.5) is 11.4 Å². The minimum Gasteiger partial charge on any atom is -0.457 e. The summed E-state index contributed by atoms with van der Waals surface area (Å²) in [5, 5.41) is 10.7. The van der Waals surface area contributed by atoms with Crippen molar-refractivity contribution >= 4 is 61.0 Å². The number of imide groups is 1. The van der Waals surface area contributed by atoms with Crippen LogP contribution in [0.1, 0.15) is 28.8 Å². The van der Waals surface area contributed by atoms with Crippen molar-refractivity contribution in [3.05, 3.63) is 69.8 Å². The summed E-state index contributed by atoms with van der Waals surface area (Å²) in [6.45, 7) is -0.0353. The lowest BCUT2D eigenvalue weighted by atomic mass is 9.81. The monoisotopic (exact) mass is 564 g/mol. The van der Waals surface area contributed by atoms with Gasteiger partial charge in [0.1, 0.15) is 6.61 Å². The van der Waals surface area contributed by atoms with Crippen molar-refractivity contribution in [2.24, 2.45) is 11.8 Å². The Morgan fingerprint density at radius 1 is 0.969 bits per heavy atom. The summed E-state index contributed by atoms with van der Waals surface area (Å²) in [6, 6.07) is 11.9. The Balaban J connectivity index is 1.41. The second kappa shape index (κ2) is 9.11. The number of carbonyl (C=O) groups is 3. The molecule has 1 saturated heterocycles. The molecule has 2 amide bonds. The van der Waals surface area contributed by atoms with Crippen molar-refractivity contribution in [3.8, 4) is 0 Å². The standard InChI is InChI=1S/C22H18Br2N2O6/c23-18-9-16-17(10-19(18)24)21(28)25(20(16)27)14-7-3-13(4-8-14)22(29)32-11-12-1-5-15(6-2-12)26(30)31/h1-8,16-19H,9-11H2/t16-,17+,18+,19-. The third-order valence-corrected chi connectivity index (χ3v) is 8.52. The van der Waals surface area contributed by atoms with Gasteiger partial charge in [0.25, 0.3) is 5.69 Å². The van der Waals surface area contributed by atoms with Crippen molar-refractivity contribution in [1.29, 1.82) is 0 Å². The third kappa shape index (κ3) is 4.33. The van der Waals surface area contributed by atoms with Crippen LogP contribution in [0.3, 0.4) is 0 Å². The van der Waals surface area contributed by atoms with Crippen LogP contribution in [0.25, 0.3) is 0 Å². The molecule has 0 bridgehead atoms. The smallest absolute Gasteiger partial charge is 0.338 e. The van der Waals surface area contributed by atoms with Crippen LogP contribution < -0.4 is 4.90 Å². The molecule has 1 aliphatic heterocycles. The predicted octanol–water partition coefficient (Wildman–Crippen LogP) is 4.38. The maximum Gasteiger partial charge on any atom is 0.338 e. The van der Waals surface area contributed by atoms with E-state index in [-0.39, 0.29) is 51.2 Å². The summed E-state index contributed by atoms with van der Waals surface area (Å²) >= 11 is 7.14. The van der Waals surface area contributed by atoms with Crippen molar-refractivity contribution < 1.29 is 24.0 Å². The number of nitrogens with zero attached hydrogens (tertiary/aromatic N) is 2. The number of alkyl halides is 2. The molecule has 0 spiro atoms. The Morgan fingerprint density at radius 2 is 1.50 bits per heavy atom. The number of benzene rings is 2. The number of anilines is 1. The average molecular weight is 566 g/mol. The summed E-state index contributed by atoms with van der Waals surface area (Å²) in [5.74, 6) is -1.68. The highest BCUT2D eigenvalue weighted by molar-refractivity contribution is 9.12. The zero-order valence-corrected chi connectivity index (χ0v) is 19.8. The van der Waals surface area contributed by atoms with Gasteiger partial charge in [-0.2, -0.15) is 0 Å². The normalized spacial score (nSPS) is 24.9. The van der Waals surface area contributed by atoms with E-state index < -0.39 is 10.9 Å². The van der Waals surface area contributed by atoms with Gasteiger partial charge in [0.2, 0.25) is 11.8 Å². The summed E-state index contributed by atoms with van der Waals surface area (Å²) in [4.78, 5) is 49.8. The Labute approximate surface area is 200 Å². The molecule has 166 valence electrons. The number of fused-ring (bicyclic) bond motifs is 1. The van der Waals surface area contributed by atoms with Crippen LogP contribution in [0.15, 0.2) is 48.5 Å². The lowest BCUT2D eigenvalue weighted by Gasteiger charge is -2.29. The number of non-ortho nitro benzene ring substituents is 1. The van der Waals surface area contributed by atoms with Gasteiger partial charge < -0.3 is 4.74 Å². The summed E-state index contributed by atoms with van der Waals surface area (Å²) in [5.41, 5.74) is 1.28. The van der Waals surface area contributed by atoms with Crippen molar-refractivity contribution in [2.45, 2.75) is 29.1 Å². The number of nitro groups is 1. The van der Waals surface area contributed by atoms with Crippen LogP contribution in [0.5, 0.6) is 0 Å². The first-order chi connectivity index (χ1) is 15.3. The number of nitro benzene ring substituents is 1. The molecule has 1 aliphatic carbocycles. The number of rotatable bonds is 5. The molecule has 2 aromatic rings. The van der Waals surface area contributed by atoms with Crippen molar-refractivity contribution in [3.63, 3.8) is 0 Å². The number of carbonyl (C=O) groups excluding carboxylic acids is 3. The van der Waals surface area contributed by atoms with Crippen LogP contribution in [0, 0.1) is 22.0 Å². The van der Waals surface area contributed by atoms with Gasteiger partial charge in [0.05, 0.1) is 28.0 Å². The second-order valence-corrected chi connectivity index (χ2v) is 10.1. The number of hydrogen-bond donors (Lipinski definition) is 0. The van der Waals surface area contributed by atoms with Crippen LogP contribution in [0.2, 0.25) is 0 Å². The molecule has 4 atom stereocenters. The molecular weight excluding hydrogens is 548 g/mol. The number of amides is 2. The van der Waals surface area contributed by atoms with Gasteiger partial charge in [-0.05, 0) is 54.8 Å². The fourth-order valence-electron chi connectivity index (χ4n) is 4.04. The number of ether oxygens (including phenoxy) is 1. The molecule has 1 saturated carbocycles. The SMILES string of the molecule is O=C(OCc1ccc([N+](=O)[O-])cc1)c1ccc(N2C(=O)[C@H]3C[C@@H](Br)[C@@H](Br)C[C@H]3C2=O)cc1. The van der Waals surface area contributed by atoms with Gasteiger partial charge in [-0.15, -0.1) is 0 Å². The molecule has 0 N–H and O–H groups in total. The van der Waals surface area contributed by atoms with Gasteiger partial charge in [-0.25, -0.2) is 4.79 Å². The zero-order valence-electron chi connectivity index (χ0n) is 16.6. The van der Waals surface area contributed by atoms with E-state index >= 15 is 0 Å². The summed E-state index contributed by atoms with van der Waals surface area (Å²) in [6.07, 6.45) is 1.18. The van der Waals surface area contributed by atoms with E-state index in [4.69, 9.17) is 4.74 Å². The number of halogens is 2. The number of esters is 1. The lowest BCUT2D eigenvalue weighted by molar-refractivity contribution is -0.384. The average Bonchev–Trinajstić information content (AvgIpc) is 3.02. The molecule has 10 heteroatoms. The van der Waals surface area contributed by atoms with Crippen LogP contribution in [-0.2, 0) is 20.9 Å². The molecular formula is C22H18Br2N2O6. The Morgan fingerprint density at radius 3 is 2.00 bits per heavy atom. The van der Waals surface area contributed by atoms with Gasteiger partial charge in [0.15, 0.2) is 0 Å². The van der Waals surface area contributed by atoms with E-state index in [1.807, 2.05) is 0 Å². The lowest BCUT2D eigenvalue weighted by Crippen LogP contribution is -2.34. The second-order valence-electron chi connectivity index (χ2n) is 7.77. The molecule has 2 aromatic carbocycles. The molecule has 1 heterocycles. The van der Waals surface area contributed by atoms with Gasteiger partial charge in [0, 0.05) is 21.8 Å². The Bertz CT molecular complexity index is 1040. The third-order valence-electron chi connectivity index (χ3n) is 5.79. The van der Waals surface area contributed by atoms with Gasteiger partial charge >= 0.3 is 5.97 Å². The first-order valence-electron chi connectivity index (χ1n) is 9.92. The largest absolute Gasteiger partial charge is 0.457 e. The predicted molar refractivity (Wildman–Crippen MR) is 123 cm³/mol. The molecule has 4 rings (SSSR count). The molecule has 0 aromatic heterocycles. The highest BCUT2D eigenvalue weighted by atomic mass is 79.9. The highest BCUT2D eigenvalue weighted by Gasteiger charge is 2.52. The van der Waals surface area contributed by atoms with Gasteiger partial charge in [-0.3, -0.25) is 24.6 Å². The van der Waals surface area contributed by atoms with E-state index in [1.54, 1.807) is 12.1 Å².